The molecule has 19 heavy (non-hydrogen) atoms. The second-order valence-corrected chi connectivity index (χ2v) is 6.12. The van der Waals surface area contributed by atoms with Gasteiger partial charge in [0.25, 0.3) is 0 Å². The molecule has 5 heteroatoms. The van der Waals surface area contributed by atoms with Crippen LogP contribution in [0.25, 0.3) is 0 Å². The lowest BCUT2D eigenvalue weighted by atomic mass is 10.0. The minimum Gasteiger partial charge on any atom is -0.497 e. The summed E-state index contributed by atoms with van der Waals surface area (Å²) in [5, 5.41) is 0.630. The number of benzene rings is 2. The monoisotopic (exact) mass is 406 g/mol. The standard InChI is InChI=1S/C14H10Br2ClFO/c1-19-9-3-5-11(13(18)7-9)14(16)10-4-2-8(17)6-12(10)15/h2-7,14H,1H3. The molecule has 0 fully saturated rings. The van der Waals surface area contributed by atoms with Crippen LogP contribution in [0.1, 0.15) is 16.0 Å². The Morgan fingerprint density at radius 2 is 1.84 bits per heavy atom. The highest BCUT2D eigenvalue weighted by Crippen LogP contribution is 2.38. The molecule has 0 heterocycles. The Hall–Kier alpha value is -0.580. The molecule has 0 bridgehead atoms. The molecule has 2 rings (SSSR count). The number of methoxy groups -OCH3 is 1. The van der Waals surface area contributed by atoms with E-state index in [0.717, 1.165) is 10.0 Å². The average Bonchev–Trinajstić information content (AvgIpc) is 2.37. The van der Waals surface area contributed by atoms with Gasteiger partial charge in [-0.15, -0.1) is 0 Å². The van der Waals surface area contributed by atoms with E-state index in [9.17, 15) is 4.39 Å². The minimum atomic E-state index is -0.317. The van der Waals surface area contributed by atoms with Gasteiger partial charge in [0.2, 0.25) is 0 Å². The molecule has 0 saturated heterocycles. The van der Waals surface area contributed by atoms with Crippen molar-refractivity contribution >= 4 is 43.5 Å². The summed E-state index contributed by atoms with van der Waals surface area (Å²) >= 11 is 12.9. The average molecular weight is 408 g/mol. The zero-order valence-corrected chi connectivity index (χ0v) is 13.9. The molecule has 0 radical (unpaired) electrons. The molecule has 0 saturated carbocycles. The Morgan fingerprint density at radius 3 is 2.42 bits per heavy atom. The van der Waals surface area contributed by atoms with E-state index >= 15 is 0 Å². The third-order valence-corrected chi connectivity index (χ3v) is 4.62. The van der Waals surface area contributed by atoms with Gasteiger partial charge in [0.05, 0.1) is 11.9 Å². The number of hydrogen-bond acceptors (Lipinski definition) is 1. The molecule has 1 unspecified atom stereocenters. The Balaban J connectivity index is 2.41. The van der Waals surface area contributed by atoms with E-state index in [1.54, 1.807) is 24.3 Å². The first kappa shape index (κ1) is 14.8. The fourth-order valence-corrected chi connectivity index (χ4v) is 3.70. The van der Waals surface area contributed by atoms with Crippen molar-refractivity contribution in [2.75, 3.05) is 7.11 Å². The van der Waals surface area contributed by atoms with Gasteiger partial charge in [-0.1, -0.05) is 55.6 Å². The molecule has 0 aliphatic heterocycles. The first-order valence-electron chi connectivity index (χ1n) is 5.45. The van der Waals surface area contributed by atoms with Gasteiger partial charge in [0.15, 0.2) is 0 Å². The lowest BCUT2D eigenvalue weighted by Crippen LogP contribution is -1.98. The molecule has 0 aliphatic rings. The lowest BCUT2D eigenvalue weighted by molar-refractivity contribution is 0.411. The van der Waals surface area contributed by atoms with Gasteiger partial charge >= 0.3 is 0 Å². The molecule has 0 spiro atoms. The molecule has 0 aliphatic carbocycles. The number of hydrogen-bond donors (Lipinski definition) is 0. The van der Waals surface area contributed by atoms with Crippen LogP contribution in [-0.2, 0) is 0 Å². The predicted molar refractivity (Wildman–Crippen MR) is 82.9 cm³/mol. The zero-order chi connectivity index (χ0) is 14.0. The van der Waals surface area contributed by atoms with Crippen LogP contribution in [0.2, 0.25) is 5.02 Å². The summed E-state index contributed by atoms with van der Waals surface area (Å²) in [6.07, 6.45) is 0. The van der Waals surface area contributed by atoms with E-state index in [1.165, 1.54) is 13.2 Å². The third-order valence-electron chi connectivity index (χ3n) is 2.72. The summed E-state index contributed by atoms with van der Waals surface area (Å²) in [5.41, 5.74) is 1.46. The zero-order valence-electron chi connectivity index (χ0n) is 9.96. The van der Waals surface area contributed by atoms with Crippen molar-refractivity contribution in [2.45, 2.75) is 4.83 Å². The van der Waals surface area contributed by atoms with Crippen molar-refractivity contribution in [3.63, 3.8) is 0 Å². The van der Waals surface area contributed by atoms with Gasteiger partial charge in [0.1, 0.15) is 11.6 Å². The maximum Gasteiger partial charge on any atom is 0.131 e. The van der Waals surface area contributed by atoms with Gasteiger partial charge in [-0.3, -0.25) is 0 Å². The van der Waals surface area contributed by atoms with Crippen LogP contribution in [0.4, 0.5) is 4.39 Å². The SMILES string of the molecule is COc1ccc(C(Br)c2ccc(Cl)cc2Br)c(F)c1. The normalized spacial score (nSPS) is 12.3. The fraction of sp³-hybridized carbons (Fsp3) is 0.143. The van der Waals surface area contributed by atoms with Gasteiger partial charge in [-0.25, -0.2) is 4.39 Å². The van der Waals surface area contributed by atoms with Gasteiger partial charge in [-0.2, -0.15) is 0 Å². The van der Waals surface area contributed by atoms with E-state index in [1.807, 2.05) is 6.07 Å². The summed E-state index contributed by atoms with van der Waals surface area (Å²) < 4.78 is 19.9. The van der Waals surface area contributed by atoms with Crippen LogP contribution in [0.15, 0.2) is 40.9 Å². The topological polar surface area (TPSA) is 9.23 Å². The van der Waals surface area contributed by atoms with Crippen LogP contribution in [0.5, 0.6) is 5.75 Å². The van der Waals surface area contributed by atoms with Crippen LogP contribution in [-0.4, -0.2) is 7.11 Å². The molecule has 2 aromatic carbocycles. The predicted octanol–water partition coefficient (Wildman–Crippen LogP) is 5.73. The third kappa shape index (κ3) is 3.30. The molecular formula is C14H10Br2ClFO. The lowest BCUT2D eigenvalue weighted by Gasteiger charge is -2.14. The van der Waals surface area contributed by atoms with Gasteiger partial charge in [-0.05, 0) is 23.8 Å². The number of halogens is 4. The van der Waals surface area contributed by atoms with E-state index in [-0.39, 0.29) is 10.6 Å². The molecule has 0 N–H and O–H groups in total. The van der Waals surface area contributed by atoms with Gasteiger partial charge in [0, 0.05) is 21.1 Å². The second kappa shape index (κ2) is 6.25. The largest absolute Gasteiger partial charge is 0.497 e. The molecule has 100 valence electrons. The van der Waals surface area contributed by atoms with Crippen LogP contribution in [0.3, 0.4) is 0 Å². The maximum atomic E-state index is 14.0. The van der Waals surface area contributed by atoms with Crippen molar-refractivity contribution in [2.24, 2.45) is 0 Å². The second-order valence-electron chi connectivity index (χ2n) is 3.92. The fourth-order valence-electron chi connectivity index (χ4n) is 1.71. The summed E-state index contributed by atoms with van der Waals surface area (Å²) in [4.78, 5) is -0.259. The van der Waals surface area contributed by atoms with Gasteiger partial charge < -0.3 is 4.74 Å². The molecule has 1 atom stereocenters. The van der Waals surface area contributed by atoms with Crippen molar-refractivity contribution < 1.29 is 9.13 Å². The van der Waals surface area contributed by atoms with Crippen LogP contribution in [0, 0.1) is 5.82 Å². The van der Waals surface area contributed by atoms with E-state index in [4.69, 9.17) is 16.3 Å². The molecule has 0 amide bonds. The highest BCUT2D eigenvalue weighted by Gasteiger charge is 2.18. The van der Waals surface area contributed by atoms with Crippen LogP contribution >= 0.6 is 43.5 Å². The smallest absolute Gasteiger partial charge is 0.131 e. The minimum absolute atomic E-state index is 0.259. The molecule has 0 aromatic heterocycles. The number of alkyl halides is 1. The first-order chi connectivity index (χ1) is 9.02. The van der Waals surface area contributed by atoms with E-state index in [2.05, 4.69) is 31.9 Å². The molecule has 2 aromatic rings. The Kier molecular flexibility index (Phi) is 4.87. The molecular weight excluding hydrogens is 398 g/mol. The van der Waals surface area contributed by atoms with Crippen LogP contribution < -0.4 is 4.74 Å². The Morgan fingerprint density at radius 1 is 1.16 bits per heavy atom. The summed E-state index contributed by atoms with van der Waals surface area (Å²) in [6.45, 7) is 0. The van der Waals surface area contributed by atoms with Crippen molar-refractivity contribution in [3.05, 3.63) is 62.8 Å². The summed E-state index contributed by atoms with van der Waals surface area (Å²) in [7, 11) is 1.51. The Bertz CT molecular complexity index is 604. The summed E-state index contributed by atoms with van der Waals surface area (Å²) in [6, 6.07) is 10.2. The number of ether oxygens (including phenoxy) is 1. The van der Waals surface area contributed by atoms with Crippen molar-refractivity contribution in [3.8, 4) is 5.75 Å². The first-order valence-corrected chi connectivity index (χ1v) is 7.54. The van der Waals surface area contributed by atoms with Crippen molar-refractivity contribution in [1.29, 1.82) is 0 Å². The summed E-state index contributed by atoms with van der Waals surface area (Å²) in [5.74, 6) is 0.180. The highest BCUT2D eigenvalue weighted by atomic mass is 79.9. The van der Waals surface area contributed by atoms with Crippen molar-refractivity contribution in [1.82, 2.24) is 0 Å². The highest BCUT2D eigenvalue weighted by molar-refractivity contribution is 9.11. The maximum absolute atomic E-state index is 14.0. The number of rotatable bonds is 3. The van der Waals surface area contributed by atoms with E-state index in [0.29, 0.717) is 16.3 Å². The van der Waals surface area contributed by atoms with E-state index < -0.39 is 0 Å². The Labute approximate surface area is 133 Å². The molecule has 1 nitrogen and oxygen atoms in total. The quantitative estimate of drug-likeness (QED) is 0.589.